The lowest BCUT2D eigenvalue weighted by Crippen LogP contribution is -2.34. The maximum Gasteiger partial charge on any atom is 0.245 e. The third kappa shape index (κ3) is 4.83. The highest BCUT2D eigenvalue weighted by molar-refractivity contribution is 8.00. The van der Waals surface area contributed by atoms with E-state index in [-0.39, 0.29) is 24.3 Å². The summed E-state index contributed by atoms with van der Waals surface area (Å²) < 4.78 is 0. The van der Waals surface area contributed by atoms with Gasteiger partial charge in [-0.05, 0) is 5.56 Å². The number of carbonyl (C=O) groups is 3. The molecule has 0 radical (unpaired) electrons. The topological polar surface area (TPSA) is 91.4 Å². The molecule has 2 N–H and O–H groups in total. The van der Waals surface area contributed by atoms with Crippen LogP contribution in [-0.4, -0.2) is 45.8 Å². The van der Waals surface area contributed by atoms with Crippen molar-refractivity contribution in [1.82, 2.24) is 15.2 Å². The van der Waals surface area contributed by atoms with Crippen molar-refractivity contribution in [3.63, 3.8) is 0 Å². The van der Waals surface area contributed by atoms with Crippen LogP contribution in [0.3, 0.4) is 0 Å². The predicted octanol–water partition coefficient (Wildman–Crippen LogP) is 1.92. The number of amides is 3. The highest BCUT2D eigenvalue weighted by Crippen LogP contribution is 2.25. The first-order valence-electron chi connectivity index (χ1n) is 7.96. The number of nitrogens with one attached hydrogen (secondary N) is 2. The standard InChI is InChI=1S/C17H18N4O3S2/c1-11(22)18-6-12-2-4-13(5-3-12)14-8-26-17(19-14)20-15(23)7-21-10-25-9-16(21)24/h2-5,8H,6-7,9-10H2,1H3,(H,18,22)(H,19,20,23). The zero-order valence-corrected chi connectivity index (χ0v) is 15.8. The first-order chi connectivity index (χ1) is 12.5. The molecule has 0 atom stereocenters. The Hall–Kier alpha value is -2.39. The lowest BCUT2D eigenvalue weighted by molar-refractivity contribution is -0.130. The van der Waals surface area contributed by atoms with Gasteiger partial charge in [-0.25, -0.2) is 4.98 Å². The predicted molar refractivity (Wildman–Crippen MR) is 103 cm³/mol. The van der Waals surface area contributed by atoms with Crippen molar-refractivity contribution in [3.05, 3.63) is 35.2 Å². The fraction of sp³-hybridized carbons (Fsp3) is 0.294. The van der Waals surface area contributed by atoms with E-state index < -0.39 is 0 Å². The molecule has 2 aromatic rings. The molecular formula is C17H18N4O3S2. The SMILES string of the molecule is CC(=O)NCc1ccc(-c2csc(NC(=O)CN3CSCC3=O)n2)cc1. The quantitative estimate of drug-likeness (QED) is 0.786. The summed E-state index contributed by atoms with van der Waals surface area (Å²) in [6, 6.07) is 7.72. The number of benzene rings is 1. The lowest BCUT2D eigenvalue weighted by atomic mass is 10.1. The molecule has 3 rings (SSSR count). The molecule has 0 unspecified atom stereocenters. The summed E-state index contributed by atoms with van der Waals surface area (Å²) in [4.78, 5) is 40.5. The van der Waals surface area contributed by atoms with Gasteiger partial charge in [0.1, 0.15) is 6.54 Å². The van der Waals surface area contributed by atoms with E-state index in [4.69, 9.17) is 0 Å². The van der Waals surface area contributed by atoms with Crippen LogP contribution in [0.2, 0.25) is 0 Å². The molecular weight excluding hydrogens is 372 g/mol. The molecule has 136 valence electrons. The van der Waals surface area contributed by atoms with Crippen LogP contribution in [-0.2, 0) is 20.9 Å². The number of hydrogen-bond donors (Lipinski definition) is 2. The summed E-state index contributed by atoms with van der Waals surface area (Å²) in [5, 5.41) is 7.87. The first-order valence-corrected chi connectivity index (χ1v) is 9.99. The fourth-order valence-electron chi connectivity index (χ4n) is 2.36. The molecule has 0 aliphatic carbocycles. The van der Waals surface area contributed by atoms with Gasteiger partial charge in [-0.2, -0.15) is 0 Å². The van der Waals surface area contributed by atoms with Crippen LogP contribution in [0.25, 0.3) is 11.3 Å². The Balaban J connectivity index is 1.57. The molecule has 1 aromatic heterocycles. The Morgan fingerprint density at radius 2 is 2.04 bits per heavy atom. The van der Waals surface area contributed by atoms with Crippen LogP contribution >= 0.6 is 23.1 Å². The number of anilines is 1. The number of thioether (sulfide) groups is 1. The van der Waals surface area contributed by atoms with Crippen molar-refractivity contribution in [2.45, 2.75) is 13.5 Å². The van der Waals surface area contributed by atoms with Gasteiger partial charge in [0.2, 0.25) is 17.7 Å². The first kappa shape index (κ1) is 18.4. The summed E-state index contributed by atoms with van der Waals surface area (Å²) in [5.74, 6) is 0.673. The highest BCUT2D eigenvalue weighted by atomic mass is 32.2. The number of thiazole rings is 1. The van der Waals surface area contributed by atoms with Crippen molar-refractivity contribution in [2.24, 2.45) is 0 Å². The van der Waals surface area contributed by atoms with E-state index >= 15 is 0 Å². The summed E-state index contributed by atoms with van der Waals surface area (Å²) in [5.41, 5.74) is 2.70. The van der Waals surface area contributed by atoms with Gasteiger partial charge in [0.25, 0.3) is 0 Å². The molecule has 1 aliphatic rings. The minimum absolute atomic E-state index is 0.00988. The minimum atomic E-state index is -0.243. The smallest absolute Gasteiger partial charge is 0.245 e. The van der Waals surface area contributed by atoms with Gasteiger partial charge in [0, 0.05) is 24.4 Å². The van der Waals surface area contributed by atoms with Gasteiger partial charge in [0.15, 0.2) is 5.13 Å². The van der Waals surface area contributed by atoms with Crippen molar-refractivity contribution in [3.8, 4) is 11.3 Å². The highest BCUT2D eigenvalue weighted by Gasteiger charge is 2.23. The molecule has 26 heavy (non-hydrogen) atoms. The maximum absolute atomic E-state index is 12.0. The normalized spacial score (nSPS) is 13.7. The molecule has 1 saturated heterocycles. The van der Waals surface area contributed by atoms with Gasteiger partial charge in [-0.1, -0.05) is 24.3 Å². The average molecular weight is 390 g/mol. The Labute approximate surface area is 159 Å². The molecule has 0 spiro atoms. The fourth-order valence-corrected chi connectivity index (χ4v) is 4.00. The molecule has 0 saturated carbocycles. The van der Waals surface area contributed by atoms with Gasteiger partial charge in [0.05, 0.1) is 17.3 Å². The molecule has 1 fully saturated rings. The second-order valence-corrected chi connectivity index (χ2v) is 7.58. The van der Waals surface area contributed by atoms with Crippen LogP contribution < -0.4 is 10.6 Å². The largest absolute Gasteiger partial charge is 0.352 e. The van der Waals surface area contributed by atoms with Crippen molar-refractivity contribution < 1.29 is 14.4 Å². The second-order valence-electron chi connectivity index (χ2n) is 5.76. The van der Waals surface area contributed by atoms with E-state index in [9.17, 15) is 14.4 Å². The van der Waals surface area contributed by atoms with Gasteiger partial charge in [-0.15, -0.1) is 23.1 Å². The molecule has 3 amide bonds. The van der Waals surface area contributed by atoms with Gasteiger partial charge < -0.3 is 15.5 Å². The third-order valence-electron chi connectivity index (χ3n) is 3.70. The van der Waals surface area contributed by atoms with Gasteiger partial charge in [-0.3, -0.25) is 14.4 Å². The van der Waals surface area contributed by atoms with Crippen LogP contribution in [0.4, 0.5) is 5.13 Å². The summed E-state index contributed by atoms with van der Waals surface area (Å²) in [6.07, 6.45) is 0. The van der Waals surface area contributed by atoms with E-state index in [1.807, 2.05) is 29.6 Å². The lowest BCUT2D eigenvalue weighted by Gasteiger charge is -2.13. The zero-order chi connectivity index (χ0) is 18.5. The van der Waals surface area contributed by atoms with Crippen molar-refractivity contribution in [1.29, 1.82) is 0 Å². The second kappa shape index (κ2) is 8.33. The van der Waals surface area contributed by atoms with Crippen molar-refractivity contribution >= 4 is 46.0 Å². The zero-order valence-electron chi connectivity index (χ0n) is 14.2. The number of hydrogen-bond acceptors (Lipinski definition) is 6. The van der Waals surface area contributed by atoms with Crippen molar-refractivity contribution in [2.75, 3.05) is 23.5 Å². The van der Waals surface area contributed by atoms with E-state index in [1.54, 1.807) is 0 Å². The number of aromatic nitrogens is 1. The maximum atomic E-state index is 12.0. The summed E-state index contributed by atoms with van der Waals surface area (Å²) in [7, 11) is 0. The number of rotatable bonds is 6. The van der Waals surface area contributed by atoms with Crippen LogP contribution in [0.1, 0.15) is 12.5 Å². The van der Waals surface area contributed by atoms with Gasteiger partial charge >= 0.3 is 0 Å². The Kier molecular flexibility index (Phi) is 5.89. The number of nitrogens with zero attached hydrogens (tertiary/aromatic N) is 2. The summed E-state index contributed by atoms with van der Waals surface area (Å²) >= 11 is 2.85. The third-order valence-corrected chi connectivity index (χ3v) is 5.40. The van der Waals surface area contributed by atoms with Crippen LogP contribution in [0.15, 0.2) is 29.6 Å². The molecule has 0 bridgehead atoms. The number of carbonyl (C=O) groups excluding carboxylic acids is 3. The van der Waals surface area contributed by atoms with E-state index in [0.717, 1.165) is 16.8 Å². The van der Waals surface area contributed by atoms with E-state index in [1.165, 1.54) is 34.9 Å². The van der Waals surface area contributed by atoms with Crippen LogP contribution in [0, 0.1) is 0 Å². The monoisotopic (exact) mass is 390 g/mol. The molecule has 1 aliphatic heterocycles. The Morgan fingerprint density at radius 1 is 1.27 bits per heavy atom. The van der Waals surface area contributed by atoms with Crippen LogP contribution in [0.5, 0.6) is 0 Å². The molecule has 2 heterocycles. The van der Waals surface area contributed by atoms with E-state index in [0.29, 0.717) is 23.3 Å². The molecule has 1 aromatic carbocycles. The molecule has 9 heteroatoms. The average Bonchev–Trinajstić information content (AvgIpc) is 3.23. The summed E-state index contributed by atoms with van der Waals surface area (Å²) in [6.45, 7) is 2.03. The minimum Gasteiger partial charge on any atom is -0.352 e. The van der Waals surface area contributed by atoms with E-state index in [2.05, 4.69) is 15.6 Å². The Morgan fingerprint density at radius 3 is 2.69 bits per heavy atom. The molecule has 7 nitrogen and oxygen atoms in total. The Bertz CT molecular complexity index is 820.